The zero-order valence-corrected chi connectivity index (χ0v) is 14.7. The topological polar surface area (TPSA) is 36.9 Å². The third kappa shape index (κ3) is 7.66. The molecule has 0 aliphatic heterocycles. The van der Waals surface area contributed by atoms with Crippen molar-refractivity contribution in [3.05, 3.63) is 34.9 Å². The molecule has 0 bridgehead atoms. The molecule has 1 aromatic carbocycles. The Labute approximate surface area is 139 Å². The van der Waals surface area contributed by atoms with Crippen LogP contribution >= 0.6 is 11.6 Å². The van der Waals surface area contributed by atoms with Crippen LogP contribution in [0, 0.1) is 0 Å². The molecule has 1 N–H and O–H groups in total. The number of ether oxygens (including phenoxy) is 1. The number of benzene rings is 1. The van der Waals surface area contributed by atoms with Gasteiger partial charge in [0.1, 0.15) is 0 Å². The van der Waals surface area contributed by atoms with Crippen molar-refractivity contribution in [3.8, 4) is 0 Å². The molecule has 4 nitrogen and oxygen atoms in total. The standard InChI is InChI=1S/C17H28ClN3O/c1-4-19-17(20-11-6-7-12-22-5-2)21(3)14-15-9-8-10-16(18)13-15/h8-10,13H,4-7,11-12,14H2,1-3H3,(H,19,20). The Morgan fingerprint density at radius 2 is 2.14 bits per heavy atom. The number of hydrogen-bond donors (Lipinski definition) is 1. The lowest BCUT2D eigenvalue weighted by molar-refractivity contribution is 0.144. The van der Waals surface area contributed by atoms with Crippen LogP contribution in [0.3, 0.4) is 0 Å². The van der Waals surface area contributed by atoms with Crippen LogP contribution in [0.4, 0.5) is 0 Å². The first-order valence-corrected chi connectivity index (χ1v) is 8.36. The summed E-state index contributed by atoms with van der Waals surface area (Å²) in [5, 5.41) is 4.10. The molecule has 5 heteroatoms. The predicted octanol–water partition coefficient (Wildman–Crippen LogP) is 3.55. The number of nitrogens with zero attached hydrogens (tertiary/aromatic N) is 2. The molecule has 124 valence electrons. The molecule has 0 saturated heterocycles. The van der Waals surface area contributed by atoms with Gasteiger partial charge in [0.15, 0.2) is 5.96 Å². The van der Waals surface area contributed by atoms with E-state index in [-0.39, 0.29) is 0 Å². The Kier molecular flexibility index (Phi) is 9.67. The van der Waals surface area contributed by atoms with E-state index >= 15 is 0 Å². The van der Waals surface area contributed by atoms with Gasteiger partial charge in [-0.25, -0.2) is 0 Å². The van der Waals surface area contributed by atoms with Crippen molar-refractivity contribution in [2.24, 2.45) is 4.99 Å². The molecule has 0 fully saturated rings. The van der Waals surface area contributed by atoms with E-state index in [9.17, 15) is 0 Å². The van der Waals surface area contributed by atoms with E-state index in [4.69, 9.17) is 16.3 Å². The minimum Gasteiger partial charge on any atom is -0.382 e. The maximum Gasteiger partial charge on any atom is 0.193 e. The van der Waals surface area contributed by atoms with Crippen LogP contribution in [0.2, 0.25) is 5.02 Å². The number of guanidine groups is 1. The zero-order valence-electron chi connectivity index (χ0n) is 13.9. The molecular weight excluding hydrogens is 298 g/mol. The molecule has 0 amide bonds. The van der Waals surface area contributed by atoms with E-state index in [1.807, 2.05) is 32.2 Å². The smallest absolute Gasteiger partial charge is 0.193 e. The first-order valence-electron chi connectivity index (χ1n) is 7.99. The van der Waals surface area contributed by atoms with Gasteiger partial charge in [-0.1, -0.05) is 23.7 Å². The summed E-state index contributed by atoms with van der Waals surface area (Å²) >= 11 is 6.04. The molecule has 0 unspecified atom stereocenters. The minimum absolute atomic E-state index is 0.767. The second-order valence-corrected chi connectivity index (χ2v) is 5.56. The fourth-order valence-electron chi connectivity index (χ4n) is 2.10. The van der Waals surface area contributed by atoms with Crippen LogP contribution in [0.25, 0.3) is 0 Å². The summed E-state index contributed by atoms with van der Waals surface area (Å²) in [6.07, 6.45) is 2.09. The molecule has 0 spiro atoms. The number of hydrogen-bond acceptors (Lipinski definition) is 2. The summed E-state index contributed by atoms with van der Waals surface area (Å²) in [4.78, 5) is 6.80. The van der Waals surface area contributed by atoms with Crippen molar-refractivity contribution in [2.75, 3.05) is 33.4 Å². The predicted molar refractivity (Wildman–Crippen MR) is 94.6 cm³/mol. The Balaban J connectivity index is 2.49. The lowest BCUT2D eigenvalue weighted by Gasteiger charge is -2.22. The fraction of sp³-hybridized carbons (Fsp3) is 0.588. The third-order valence-corrected chi connectivity index (χ3v) is 3.40. The van der Waals surface area contributed by atoms with Gasteiger partial charge in [-0.3, -0.25) is 4.99 Å². The molecule has 22 heavy (non-hydrogen) atoms. The Morgan fingerprint density at radius 1 is 1.32 bits per heavy atom. The van der Waals surface area contributed by atoms with Gasteiger partial charge in [-0.15, -0.1) is 0 Å². The molecule has 0 atom stereocenters. The quantitative estimate of drug-likeness (QED) is 0.428. The normalized spacial score (nSPS) is 11.5. The Hall–Kier alpha value is -1.26. The lowest BCUT2D eigenvalue weighted by Crippen LogP contribution is -2.38. The van der Waals surface area contributed by atoms with E-state index in [2.05, 4.69) is 28.2 Å². The van der Waals surface area contributed by atoms with E-state index in [1.54, 1.807) is 0 Å². The first-order chi connectivity index (χ1) is 10.7. The second-order valence-electron chi connectivity index (χ2n) is 5.13. The van der Waals surface area contributed by atoms with Gasteiger partial charge in [-0.05, 0) is 44.4 Å². The summed E-state index contributed by atoms with van der Waals surface area (Å²) in [5.41, 5.74) is 1.18. The molecule has 0 aliphatic rings. The maximum atomic E-state index is 6.04. The van der Waals surface area contributed by atoms with Crippen molar-refractivity contribution >= 4 is 17.6 Å². The highest BCUT2D eigenvalue weighted by Gasteiger charge is 2.06. The number of halogens is 1. The molecule has 0 aromatic heterocycles. The molecule has 0 radical (unpaired) electrons. The average Bonchev–Trinajstić information content (AvgIpc) is 2.49. The van der Waals surface area contributed by atoms with E-state index in [0.29, 0.717) is 0 Å². The fourth-order valence-corrected chi connectivity index (χ4v) is 2.31. The first kappa shape index (κ1) is 18.8. The average molecular weight is 326 g/mol. The summed E-state index contributed by atoms with van der Waals surface area (Å²) < 4.78 is 5.34. The number of aliphatic imine (C=N–C) groups is 1. The van der Waals surface area contributed by atoms with Gasteiger partial charge in [0, 0.05) is 44.9 Å². The van der Waals surface area contributed by atoms with Crippen LogP contribution in [0.15, 0.2) is 29.3 Å². The number of unbranched alkanes of at least 4 members (excludes halogenated alkanes) is 1. The molecule has 1 aromatic rings. The van der Waals surface area contributed by atoms with Crippen LogP contribution < -0.4 is 5.32 Å². The molecular formula is C17H28ClN3O. The van der Waals surface area contributed by atoms with Gasteiger partial charge in [0.25, 0.3) is 0 Å². The molecule has 0 heterocycles. The maximum absolute atomic E-state index is 6.04. The van der Waals surface area contributed by atoms with Crippen molar-refractivity contribution in [2.45, 2.75) is 33.2 Å². The van der Waals surface area contributed by atoms with Gasteiger partial charge < -0.3 is 15.0 Å². The highest BCUT2D eigenvalue weighted by molar-refractivity contribution is 6.30. The van der Waals surface area contributed by atoms with Gasteiger partial charge >= 0.3 is 0 Å². The van der Waals surface area contributed by atoms with Crippen molar-refractivity contribution in [1.29, 1.82) is 0 Å². The lowest BCUT2D eigenvalue weighted by atomic mass is 10.2. The van der Waals surface area contributed by atoms with Gasteiger partial charge in [0.05, 0.1) is 0 Å². The highest BCUT2D eigenvalue weighted by Crippen LogP contribution is 2.12. The summed E-state index contributed by atoms with van der Waals surface area (Å²) in [5.74, 6) is 0.930. The van der Waals surface area contributed by atoms with E-state index < -0.39 is 0 Å². The molecule has 0 saturated carbocycles. The highest BCUT2D eigenvalue weighted by atomic mass is 35.5. The summed E-state index contributed by atoms with van der Waals surface area (Å²) in [7, 11) is 2.04. The van der Waals surface area contributed by atoms with Gasteiger partial charge in [-0.2, -0.15) is 0 Å². The largest absolute Gasteiger partial charge is 0.382 e. The van der Waals surface area contributed by atoms with Crippen LogP contribution in [0.1, 0.15) is 32.3 Å². The van der Waals surface area contributed by atoms with E-state index in [1.165, 1.54) is 5.56 Å². The van der Waals surface area contributed by atoms with E-state index in [0.717, 1.165) is 56.7 Å². The van der Waals surface area contributed by atoms with Crippen LogP contribution in [-0.4, -0.2) is 44.2 Å². The summed E-state index contributed by atoms with van der Waals surface area (Å²) in [6.45, 7) is 8.16. The van der Waals surface area contributed by atoms with Crippen molar-refractivity contribution < 1.29 is 4.74 Å². The Morgan fingerprint density at radius 3 is 2.82 bits per heavy atom. The van der Waals surface area contributed by atoms with Gasteiger partial charge in [0.2, 0.25) is 0 Å². The van der Waals surface area contributed by atoms with Crippen LogP contribution in [-0.2, 0) is 11.3 Å². The Bertz CT molecular complexity index is 451. The monoisotopic (exact) mass is 325 g/mol. The molecule has 1 rings (SSSR count). The number of rotatable bonds is 9. The summed E-state index contributed by atoms with van der Waals surface area (Å²) in [6, 6.07) is 7.93. The second kappa shape index (κ2) is 11.3. The SMILES string of the molecule is CCNC(=NCCCCOCC)N(C)Cc1cccc(Cl)c1. The van der Waals surface area contributed by atoms with Crippen LogP contribution in [0.5, 0.6) is 0 Å². The van der Waals surface area contributed by atoms with Crippen molar-refractivity contribution in [3.63, 3.8) is 0 Å². The van der Waals surface area contributed by atoms with Crippen molar-refractivity contribution in [1.82, 2.24) is 10.2 Å². The molecule has 0 aliphatic carbocycles. The number of nitrogens with one attached hydrogen (secondary N) is 1. The third-order valence-electron chi connectivity index (χ3n) is 3.17. The minimum atomic E-state index is 0.767. The zero-order chi connectivity index (χ0) is 16.2.